The van der Waals surface area contributed by atoms with E-state index in [2.05, 4.69) is 31.7 Å². The van der Waals surface area contributed by atoms with E-state index in [1.165, 1.54) is 18.4 Å². The number of esters is 1. The quantitative estimate of drug-likeness (QED) is 0.206. The van der Waals surface area contributed by atoms with Crippen LogP contribution in [0, 0.1) is 13.8 Å². The molecule has 6 nitrogen and oxygen atoms in total. The number of anilines is 2. The van der Waals surface area contributed by atoms with Gasteiger partial charge in [-0.1, -0.05) is 42.5 Å². The Kier molecular flexibility index (Phi) is 7.45. The molecule has 0 amide bonds. The van der Waals surface area contributed by atoms with Crippen LogP contribution >= 0.6 is 39.5 Å². The van der Waals surface area contributed by atoms with Gasteiger partial charge in [-0.2, -0.15) is 5.10 Å². The Morgan fingerprint density at radius 3 is 2.56 bits per heavy atom. The fourth-order valence-electron chi connectivity index (χ4n) is 3.50. The number of aryl methyl sites for hydroxylation is 1. The minimum Gasteiger partial charge on any atom is -0.465 e. The van der Waals surface area contributed by atoms with Gasteiger partial charge in [0.15, 0.2) is 5.11 Å². The molecule has 174 valence electrons. The number of benzene rings is 2. The second kappa shape index (κ2) is 10.5. The molecule has 0 fully saturated rings. The van der Waals surface area contributed by atoms with Gasteiger partial charge in [-0.15, -0.1) is 11.3 Å². The standard InChI is InChI=1S/C25H23BrN4O2S2/c1-15-22(26)16(2)30(29-15)14-17-8-7-11-19(12-17)27-25(33)28-23-20(24(31)32-3)13-21(34-23)18-9-5-4-6-10-18/h4-13H,14H2,1-3H3,(H2,27,28,33). The van der Waals surface area contributed by atoms with Crippen LogP contribution in [-0.4, -0.2) is 28.0 Å². The third kappa shape index (κ3) is 5.38. The first-order chi connectivity index (χ1) is 16.4. The van der Waals surface area contributed by atoms with Crippen molar-refractivity contribution in [3.63, 3.8) is 0 Å². The predicted octanol–water partition coefficient (Wildman–Crippen LogP) is 6.63. The smallest absolute Gasteiger partial charge is 0.340 e. The summed E-state index contributed by atoms with van der Waals surface area (Å²) >= 11 is 10.6. The average Bonchev–Trinajstić information content (AvgIpc) is 3.36. The Morgan fingerprint density at radius 1 is 1.12 bits per heavy atom. The lowest BCUT2D eigenvalue weighted by atomic mass is 10.1. The minimum atomic E-state index is -0.415. The molecule has 0 unspecified atom stereocenters. The zero-order valence-electron chi connectivity index (χ0n) is 18.9. The molecule has 2 heterocycles. The van der Waals surface area contributed by atoms with Gasteiger partial charge < -0.3 is 15.4 Å². The third-order valence-electron chi connectivity index (χ3n) is 5.23. The molecular weight excluding hydrogens is 532 g/mol. The van der Waals surface area contributed by atoms with Gasteiger partial charge >= 0.3 is 5.97 Å². The summed E-state index contributed by atoms with van der Waals surface area (Å²) in [7, 11) is 1.37. The van der Waals surface area contributed by atoms with Crippen molar-refractivity contribution < 1.29 is 9.53 Å². The fraction of sp³-hybridized carbons (Fsp3) is 0.160. The Balaban J connectivity index is 1.50. The van der Waals surface area contributed by atoms with Crippen molar-refractivity contribution in [1.29, 1.82) is 0 Å². The average molecular weight is 556 g/mol. The molecule has 2 N–H and O–H groups in total. The van der Waals surface area contributed by atoms with E-state index in [4.69, 9.17) is 17.0 Å². The SMILES string of the molecule is COC(=O)c1cc(-c2ccccc2)sc1NC(=S)Nc1cccc(Cn2nc(C)c(Br)c2C)c1. The van der Waals surface area contributed by atoms with E-state index in [9.17, 15) is 4.79 Å². The maximum atomic E-state index is 12.4. The Hall–Kier alpha value is -3.01. The fourth-order valence-corrected chi connectivity index (χ4v) is 5.13. The molecule has 0 bridgehead atoms. The first-order valence-corrected chi connectivity index (χ1v) is 12.5. The normalized spacial score (nSPS) is 10.7. The van der Waals surface area contributed by atoms with Gasteiger partial charge in [0.05, 0.1) is 35.1 Å². The van der Waals surface area contributed by atoms with E-state index >= 15 is 0 Å². The lowest BCUT2D eigenvalue weighted by molar-refractivity contribution is 0.0602. The summed E-state index contributed by atoms with van der Waals surface area (Å²) in [5.74, 6) is -0.415. The summed E-state index contributed by atoms with van der Waals surface area (Å²) in [5.41, 5.74) is 5.44. The van der Waals surface area contributed by atoms with E-state index < -0.39 is 5.97 Å². The molecule has 4 aromatic rings. The summed E-state index contributed by atoms with van der Waals surface area (Å²) in [6.45, 7) is 4.66. The van der Waals surface area contributed by atoms with Gasteiger partial charge in [0, 0.05) is 10.6 Å². The maximum Gasteiger partial charge on any atom is 0.340 e. The molecule has 2 aromatic heterocycles. The van der Waals surface area contributed by atoms with Crippen LogP contribution in [0.3, 0.4) is 0 Å². The first-order valence-electron chi connectivity index (χ1n) is 10.5. The zero-order chi connectivity index (χ0) is 24.2. The molecule has 0 aliphatic rings. The summed E-state index contributed by atoms with van der Waals surface area (Å²) in [6, 6.07) is 19.7. The number of thiocarbonyl (C=S) groups is 1. The number of carbonyl (C=O) groups excluding carboxylic acids is 1. The van der Waals surface area contributed by atoms with E-state index in [0.29, 0.717) is 22.2 Å². The zero-order valence-corrected chi connectivity index (χ0v) is 22.1. The van der Waals surface area contributed by atoms with Crippen LogP contribution in [0.5, 0.6) is 0 Å². The number of nitrogens with zero attached hydrogens (tertiary/aromatic N) is 2. The van der Waals surface area contributed by atoms with Crippen molar-refractivity contribution in [2.24, 2.45) is 0 Å². The number of methoxy groups -OCH3 is 1. The molecule has 9 heteroatoms. The molecule has 0 saturated heterocycles. The topological polar surface area (TPSA) is 68.2 Å². The van der Waals surface area contributed by atoms with Gasteiger partial charge in [-0.3, -0.25) is 4.68 Å². The molecular formula is C25H23BrN4O2S2. The maximum absolute atomic E-state index is 12.4. The molecule has 0 radical (unpaired) electrons. The highest BCUT2D eigenvalue weighted by molar-refractivity contribution is 9.10. The summed E-state index contributed by atoms with van der Waals surface area (Å²) < 4.78 is 7.96. The number of aromatic nitrogens is 2. The number of thiophene rings is 1. The van der Waals surface area contributed by atoms with Gasteiger partial charge in [-0.05, 0) is 71.3 Å². The highest BCUT2D eigenvalue weighted by Gasteiger charge is 2.18. The van der Waals surface area contributed by atoms with Crippen LogP contribution in [0.1, 0.15) is 27.3 Å². The van der Waals surface area contributed by atoms with E-state index in [1.54, 1.807) is 0 Å². The van der Waals surface area contributed by atoms with Crippen LogP contribution in [0.4, 0.5) is 10.7 Å². The highest BCUT2D eigenvalue weighted by Crippen LogP contribution is 2.36. The van der Waals surface area contributed by atoms with Crippen molar-refractivity contribution >= 4 is 61.3 Å². The van der Waals surface area contributed by atoms with Crippen molar-refractivity contribution in [2.75, 3.05) is 17.7 Å². The van der Waals surface area contributed by atoms with Crippen molar-refractivity contribution in [1.82, 2.24) is 9.78 Å². The summed E-state index contributed by atoms with van der Waals surface area (Å²) in [6.07, 6.45) is 0. The van der Waals surface area contributed by atoms with Crippen molar-refractivity contribution in [3.05, 3.63) is 87.7 Å². The molecule has 0 aliphatic heterocycles. The monoisotopic (exact) mass is 554 g/mol. The second-order valence-corrected chi connectivity index (χ2v) is 9.89. The van der Waals surface area contributed by atoms with E-state index in [0.717, 1.165) is 37.6 Å². The molecule has 0 spiro atoms. The van der Waals surface area contributed by atoms with Crippen LogP contribution in [0.15, 0.2) is 65.1 Å². The summed E-state index contributed by atoms with van der Waals surface area (Å²) in [5, 5.41) is 12.0. The number of rotatable bonds is 6. The van der Waals surface area contributed by atoms with E-state index in [1.807, 2.05) is 79.2 Å². The number of hydrogen-bond acceptors (Lipinski definition) is 5. The predicted molar refractivity (Wildman–Crippen MR) is 146 cm³/mol. The molecule has 4 rings (SSSR count). The third-order valence-corrected chi connectivity index (χ3v) is 7.68. The van der Waals surface area contributed by atoms with Crippen LogP contribution < -0.4 is 10.6 Å². The Morgan fingerprint density at radius 2 is 1.88 bits per heavy atom. The molecule has 0 aliphatic carbocycles. The highest BCUT2D eigenvalue weighted by atomic mass is 79.9. The number of hydrogen-bond donors (Lipinski definition) is 2. The molecule has 0 atom stereocenters. The lowest BCUT2D eigenvalue weighted by Gasteiger charge is -2.12. The number of ether oxygens (including phenoxy) is 1. The lowest BCUT2D eigenvalue weighted by Crippen LogP contribution is -2.20. The molecule has 2 aromatic carbocycles. The van der Waals surface area contributed by atoms with Gasteiger partial charge in [0.1, 0.15) is 5.00 Å². The van der Waals surface area contributed by atoms with Crippen molar-refractivity contribution in [2.45, 2.75) is 20.4 Å². The largest absolute Gasteiger partial charge is 0.465 e. The summed E-state index contributed by atoms with van der Waals surface area (Å²) in [4.78, 5) is 13.3. The number of carbonyl (C=O) groups is 1. The van der Waals surface area contributed by atoms with Crippen LogP contribution in [-0.2, 0) is 11.3 Å². The van der Waals surface area contributed by atoms with Crippen LogP contribution in [0.2, 0.25) is 0 Å². The van der Waals surface area contributed by atoms with Crippen LogP contribution in [0.25, 0.3) is 10.4 Å². The van der Waals surface area contributed by atoms with Gasteiger partial charge in [0.25, 0.3) is 0 Å². The minimum absolute atomic E-state index is 0.387. The van der Waals surface area contributed by atoms with Gasteiger partial charge in [0.2, 0.25) is 0 Å². The molecule has 34 heavy (non-hydrogen) atoms. The Labute approximate surface area is 216 Å². The first kappa shape index (κ1) is 24.1. The van der Waals surface area contributed by atoms with E-state index in [-0.39, 0.29) is 0 Å². The molecule has 0 saturated carbocycles. The Bertz CT molecular complexity index is 1350. The number of halogens is 1. The second-order valence-electron chi connectivity index (χ2n) is 7.63. The van der Waals surface area contributed by atoms with Gasteiger partial charge in [-0.25, -0.2) is 4.79 Å². The number of nitrogens with one attached hydrogen (secondary N) is 2. The van der Waals surface area contributed by atoms with Crippen molar-refractivity contribution in [3.8, 4) is 10.4 Å².